The molecule has 1 aromatic carbocycles. The molecule has 2 saturated heterocycles. The number of para-hydroxylation sites is 1. The van der Waals surface area contributed by atoms with Crippen LogP contribution in [-0.2, 0) is 19.1 Å². The quantitative estimate of drug-likeness (QED) is 0.525. The van der Waals surface area contributed by atoms with Gasteiger partial charge in [-0.05, 0) is 60.1 Å². The first-order valence-electron chi connectivity index (χ1n) is 14.8. The third-order valence-corrected chi connectivity index (χ3v) is 7.09. The Bertz CT molecular complexity index is 1410. The molecular formula is C31H42N6O7. The number of hydrogen-bond donors (Lipinski definition) is 2. The zero-order chi connectivity index (χ0) is 32.2. The first-order valence-corrected chi connectivity index (χ1v) is 14.8. The van der Waals surface area contributed by atoms with Crippen LogP contribution in [0.2, 0.25) is 0 Å². The molecule has 2 N–H and O–H groups in total. The van der Waals surface area contributed by atoms with Gasteiger partial charge in [0, 0.05) is 50.3 Å². The van der Waals surface area contributed by atoms with E-state index in [-0.39, 0.29) is 31.3 Å². The number of benzene rings is 1. The Balaban J connectivity index is 1.37. The average Bonchev–Trinajstić information content (AvgIpc) is 3.37. The summed E-state index contributed by atoms with van der Waals surface area (Å²) in [6.07, 6.45) is 0.365. The molecule has 0 saturated carbocycles. The summed E-state index contributed by atoms with van der Waals surface area (Å²) in [7, 11) is 0. The number of likely N-dealkylation sites (tertiary alicyclic amines) is 1. The van der Waals surface area contributed by atoms with Crippen LogP contribution < -0.4 is 10.6 Å². The Labute approximate surface area is 257 Å². The fourth-order valence-corrected chi connectivity index (χ4v) is 5.15. The van der Waals surface area contributed by atoms with Crippen molar-refractivity contribution >= 4 is 40.8 Å². The second-order valence-corrected chi connectivity index (χ2v) is 13.0. The number of hydrogen-bond acceptors (Lipinski definition) is 8. The Morgan fingerprint density at radius 2 is 1.55 bits per heavy atom. The summed E-state index contributed by atoms with van der Waals surface area (Å²) in [6.45, 7) is 11.3. The maximum Gasteiger partial charge on any atom is 0.411 e. The highest BCUT2D eigenvalue weighted by molar-refractivity contribution is 5.97. The van der Waals surface area contributed by atoms with Crippen LogP contribution in [0.1, 0.15) is 58.3 Å². The van der Waals surface area contributed by atoms with Crippen LogP contribution in [0.4, 0.5) is 9.59 Å². The Morgan fingerprint density at radius 3 is 2.20 bits per heavy atom. The van der Waals surface area contributed by atoms with Crippen molar-refractivity contribution < 1.29 is 33.4 Å². The standard InChI is InChI=1S/C31H42N6O7/c1-30(2,3)43-28(41)33-18-25(38)34-22-16-24(37(19-22)29(42)44-31(4,5)6)27(40)36-13-11-35(12-14-36)26(39)21-15-20-9-7-8-10-23(20)32-17-21/h7-10,15,17,22,24H,11-14,16,18-19H2,1-6H3,(H,33,41)(H,34,38)/t22?,24-/m0/s1. The minimum Gasteiger partial charge on any atom is -0.444 e. The number of fused-ring (bicyclic) bond motifs is 1. The molecule has 1 unspecified atom stereocenters. The monoisotopic (exact) mass is 610 g/mol. The minimum atomic E-state index is -0.860. The van der Waals surface area contributed by atoms with Crippen LogP contribution in [0.5, 0.6) is 0 Å². The van der Waals surface area contributed by atoms with E-state index in [2.05, 4.69) is 15.6 Å². The molecular weight excluding hydrogens is 568 g/mol. The predicted octanol–water partition coefficient (Wildman–Crippen LogP) is 2.54. The SMILES string of the molecule is CC(C)(C)OC(=O)NCC(=O)NC1C[C@@H](C(=O)N2CCN(C(=O)c3cnc4ccccc4c3)CC2)N(C(=O)OC(C)(C)C)C1. The van der Waals surface area contributed by atoms with Gasteiger partial charge in [-0.1, -0.05) is 18.2 Å². The van der Waals surface area contributed by atoms with E-state index in [0.29, 0.717) is 31.7 Å². The van der Waals surface area contributed by atoms with E-state index >= 15 is 0 Å². The van der Waals surface area contributed by atoms with Gasteiger partial charge in [-0.15, -0.1) is 0 Å². The second-order valence-electron chi connectivity index (χ2n) is 13.0. The summed E-state index contributed by atoms with van der Waals surface area (Å²) < 4.78 is 10.7. The van der Waals surface area contributed by atoms with Crippen molar-refractivity contribution in [2.24, 2.45) is 0 Å². The molecule has 13 nitrogen and oxygen atoms in total. The Kier molecular flexibility index (Phi) is 9.65. The van der Waals surface area contributed by atoms with Gasteiger partial charge >= 0.3 is 12.2 Å². The van der Waals surface area contributed by atoms with Gasteiger partial charge in [0.2, 0.25) is 11.8 Å². The second kappa shape index (κ2) is 13.1. The van der Waals surface area contributed by atoms with E-state index in [9.17, 15) is 24.0 Å². The van der Waals surface area contributed by atoms with Crippen LogP contribution in [0.3, 0.4) is 0 Å². The fraction of sp³-hybridized carbons (Fsp3) is 0.548. The van der Waals surface area contributed by atoms with Crippen molar-refractivity contribution in [2.45, 2.75) is 71.2 Å². The van der Waals surface area contributed by atoms with E-state index in [0.717, 1.165) is 10.9 Å². The van der Waals surface area contributed by atoms with Crippen molar-refractivity contribution in [3.8, 4) is 0 Å². The van der Waals surface area contributed by atoms with E-state index < -0.39 is 41.4 Å². The molecule has 2 atom stereocenters. The van der Waals surface area contributed by atoms with Crippen LogP contribution in [0, 0.1) is 0 Å². The molecule has 2 aliphatic rings. The van der Waals surface area contributed by atoms with Crippen LogP contribution >= 0.6 is 0 Å². The maximum atomic E-state index is 13.7. The van der Waals surface area contributed by atoms with Gasteiger partial charge in [-0.25, -0.2) is 9.59 Å². The largest absolute Gasteiger partial charge is 0.444 e. The maximum absolute atomic E-state index is 13.7. The van der Waals surface area contributed by atoms with Gasteiger partial charge in [-0.3, -0.25) is 24.3 Å². The number of carbonyl (C=O) groups excluding carboxylic acids is 5. The van der Waals surface area contributed by atoms with Crippen molar-refractivity contribution in [1.82, 2.24) is 30.3 Å². The minimum absolute atomic E-state index is 0.0664. The Morgan fingerprint density at radius 1 is 0.909 bits per heavy atom. The zero-order valence-electron chi connectivity index (χ0n) is 26.2. The summed E-state index contributed by atoms with van der Waals surface area (Å²) in [4.78, 5) is 73.6. The lowest BCUT2D eigenvalue weighted by Crippen LogP contribution is -2.55. The van der Waals surface area contributed by atoms with Crippen LogP contribution in [0.25, 0.3) is 10.9 Å². The third-order valence-electron chi connectivity index (χ3n) is 7.09. The summed E-state index contributed by atoms with van der Waals surface area (Å²) in [5, 5.41) is 6.08. The average molecular weight is 611 g/mol. The smallest absolute Gasteiger partial charge is 0.411 e. The molecule has 0 bridgehead atoms. The van der Waals surface area contributed by atoms with E-state index in [4.69, 9.17) is 9.47 Å². The highest BCUT2D eigenvalue weighted by Gasteiger charge is 2.44. The van der Waals surface area contributed by atoms with Gasteiger partial charge in [0.05, 0.1) is 11.1 Å². The van der Waals surface area contributed by atoms with Crippen molar-refractivity contribution in [1.29, 1.82) is 0 Å². The Hall–Kier alpha value is -4.42. The van der Waals surface area contributed by atoms with Gasteiger partial charge in [-0.2, -0.15) is 0 Å². The first kappa shape index (κ1) is 32.5. The number of nitrogens with one attached hydrogen (secondary N) is 2. The van der Waals surface area contributed by atoms with E-state index in [1.54, 1.807) is 57.5 Å². The molecule has 13 heteroatoms. The lowest BCUT2D eigenvalue weighted by atomic mass is 10.1. The number of aromatic nitrogens is 1. The van der Waals surface area contributed by atoms with Gasteiger partial charge in [0.1, 0.15) is 23.8 Å². The number of rotatable bonds is 5. The molecule has 238 valence electrons. The lowest BCUT2D eigenvalue weighted by Gasteiger charge is -2.37. The third kappa shape index (κ3) is 8.57. The molecule has 5 amide bonds. The topological polar surface area (TPSA) is 150 Å². The highest BCUT2D eigenvalue weighted by atomic mass is 16.6. The zero-order valence-corrected chi connectivity index (χ0v) is 26.2. The van der Waals surface area contributed by atoms with Crippen LogP contribution in [-0.4, -0.2) is 112 Å². The number of alkyl carbamates (subject to hydrolysis) is 1. The molecule has 2 aromatic rings. The van der Waals surface area contributed by atoms with Gasteiger partial charge in [0.15, 0.2) is 0 Å². The predicted molar refractivity (Wildman–Crippen MR) is 162 cm³/mol. The number of carbonyl (C=O) groups is 5. The number of amides is 5. The van der Waals surface area contributed by atoms with Crippen molar-refractivity contribution in [2.75, 3.05) is 39.3 Å². The molecule has 44 heavy (non-hydrogen) atoms. The highest BCUT2D eigenvalue weighted by Crippen LogP contribution is 2.24. The number of pyridine rings is 1. The van der Waals surface area contributed by atoms with Crippen molar-refractivity contribution in [3.05, 3.63) is 42.1 Å². The van der Waals surface area contributed by atoms with Gasteiger partial charge < -0.3 is 29.9 Å². The number of ether oxygens (including phenoxy) is 2. The number of piperazine rings is 1. The number of nitrogens with zero attached hydrogens (tertiary/aromatic N) is 4. The lowest BCUT2D eigenvalue weighted by molar-refractivity contribution is -0.137. The molecule has 0 spiro atoms. The van der Waals surface area contributed by atoms with Crippen molar-refractivity contribution in [3.63, 3.8) is 0 Å². The summed E-state index contributed by atoms with van der Waals surface area (Å²) >= 11 is 0. The van der Waals surface area contributed by atoms with Crippen LogP contribution in [0.15, 0.2) is 36.5 Å². The summed E-state index contributed by atoms with van der Waals surface area (Å²) in [5.41, 5.74) is -0.207. The normalized spacial score (nSPS) is 19.0. The van der Waals surface area contributed by atoms with E-state index in [1.807, 2.05) is 30.3 Å². The molecule has 1 aromatic heterocycles. The first-order chi connectivity index (χ1) is 20.6. The fourth-order valence-electron chi connectivity index (χ4n) is 5.15. The molecule has 4 rings (SSSR count). The molecule has 0 aliphatic carbocycles. The molecule has 2 fully saturated rings. The molecule has 0 radical (unpaired) electrons. The molecule has 3 heterocycles. The molecule has 2 aliphatic heterocycles. The summed E-state index contributed by atoms with van der Waals surface area (Å²) in [5.74, 6) is -0.915. The summed E-state index contributed by atoms with van der Waals surface area (Å²) in [6, 6.07) is 7.99. The van der Waals surface area contributed by atoms with Gasteiger partial charge in [0.25, 0.3) is 5.91 Å². The van der Waals surface area contributed by atoms with E-state index in [1.165, 1.54) is 4.90 Å².